The van der Waals surface area contributed by atoms with E-state index in [2.05, 4.69) is 4.98 Å². The van der Waals surface area contributed by atoms with Crippen LogP contribution in [0.4, 0.5) is 0 Å². The van der Waals surface area contributed by atoms with Gasteiger partial charge in [-0.2, -0.15) is 4.31 Å². The molecule has 1 amide bonds. The molecule has 2 aliphatic carbocycles. The van der Waals surface area contributed by atoms with Crippen LogP contribution in [0.25, 0.3) is 0 Å². The highest BCUT2D eigenvalue weighted by atomic mass is 35.5. The molecule has 0 aliphatic heterocycles. The van der Waals surface area contributed by atoms with Crippen LogP contribution in [0, 0.1) is 5.92 Å². The highest BCUT2D eigenvalue weighted by Gasteiger charge is 2.42. The van der Waals surface area contributed by atoms with Gasteiger partial charge in [0.05, 0.1) is 24.2 Å². The van der Waals surface area contributed by atoms with Crippen LogP contribution in [0.1, 0.15) is 63.4 Å². The SMILES string of the molecule is COc1ccc(S(=O)(=O)N(Cc2ccncc2)[C@@H](C(=O)NO)[C@H]2CC[C@H](OC3CCCCC3)CC2)cc1.Cl. The Labute approximate surface area is 231 Å². The van der Waals surface area contributed by atoms with Gasteiger partial charge in [-0.15, -0.1) is 12.4 Å². The lowest BCUT2D eigenvalue weighted by Gasteiger charge is -2.39. The Morgan fingerprint density at radius 1 is 1.00 bits per heavy atom. The number of amides is 1. The number of carbonyl (C=O) groups is 1. The highest BCUT2D eigenvalue weighted by Crippen LogP contribution is 2.36. The highest BCUT2D eigenvalue weighted by molar-refractivity contribution is 7.89. The van der Waals surface area contributed by atoms with Crippen LogP contribution in [0.5, 0.6) is 5.75 Å². The first kappa shape index (κ1) is 30.3. The number of methoxy groups -OCH3 is 1. The van der Waals surface area contributed by atoms with E-state index in [4.69, 9.17) is 9.47 Å². The van der Waals surface area contributed by atoms with E-state index in [1.165, 1.54) is 42.8 Å². The van der Waals surface area contributed by atoms with Gasteiger partial charge in [0, 0.05) is 18.9 Å². The molecule has 0 bridgehead atoms. The van der Waals surface area contributed by atoms with Crippen LogP contribution in [0.15, 0.2) is 53.7 Å². The van der Waals surface area contributed by atoms with E-state index < -0.39 is 22.0 Å². The Hall–Kier alpha value is -2.24. The van der Waals surface area contributed by atoms with Gasteiger partial charge in [-0.1, -0.05) is 19.3 Å². The number of pyridine rings is 1. The summed E-state index contributed by atoms with van der Waals surface area (Å²) in [5.41, 5.74) is 2.43. The van der Waals surface area contributed by atoms with Crippen molar-refractivity contribution in [3.63, 3.8) is 0 Å². The molecule has 0 spiro atoms. The molecule has 2 aromatic rings. The molecule has 38 heavy (non-hydrogen) atoms. The van der Waals surface area contributed by atoms with Gasteiger partial charge in [-0.3, -0.25) is 15.0 Å². The van der Waals surface area contributed by atoms with Crippen molar-refractivity contribution in [2.24, 2.45) is 5.92 Å². The van der Waals surface area contributed by atoms with Crippen molar-refractivity contribution in [3.8, 4) is 5.75 Å². The minimum absolute atomic E-state index is 0. The summed E-state index contributed by atoms with van der Waals surface area (Å²) in [4.78, 5) is 17.2. The number of ether oxygens (including phenoxy) is 2. The van der Waals surface area contributed by atoms with E-state index in [9.17, 15) is 18.4 Å². The van der Waals surface area contributed by atoms with Crippen LogP contribution >= 0.6 is 12.4 Å². The van der Waals surface area contributed by atoms with Gasteiger partial charge in [0.2, 0.25) is 10.0 Å². The minimum Gasteiger partial charge on any atom is -0.497 e. The van der Waals surface area contributed by atoms with E-state index in [-0.39, 0.29) is 35.9 Å². The predicted octanol–water partition coefficient (Wildman–Crippen LogP) is 4.49. The van der Waals surface area contributed by atoms with Crippen molar-refractivity contribution in [3.05, 3.63) is 54.4 Å². The van der Waals surface area contributed by atoms with Crippen molar-refractivity contribution in [2.45, 2.75) is 87.5 Å². The van der Waals surface area contributed by atoms with E-state index in [0.717, 1.165) is 25.7 Å². The number of nitrogens with one attached hydrogen (secondary N) is 1. The summed E-state index contributed by atoms with van der Waals surface area (Å²) >= 11 is 0. The van der Waals surface area contributed by atoms with Crippen LogP contribution in [0.3, 0.4) is 0 Å². The number of aromatic nitrogens is 1. The van der Waals surface area contributed by atoms with Crippen molar-refractivity contribution in [1.29, 1.82) is 0 Å². The van der Waals surface area contributed by atoms with Crippen molar-refractivity contribution < 1.29 is 27.9 Å². The van der Waals surface area contributed by atoms with E-state index >= 15 is 0 Å². The molecule has 1 aromatic heterocycles. The fourth-order valence-corrected chi connectivity index (χ4v) is 7.18. The molecule has 1 aromatic carbocycles. The smallest absolute Gasteiger partial charge is 0.262 e. The minimum atomic E-state index is -4.11. The molecule has 4 rings (SSSR count). The third kappa shape index (κ3) is 7.45. The molecular weight excluding hydrogens is 530 g/mol. The molecule has 2 saturated carbocycles. The molecule has 2 fully saturated rings. The molecule has 1 atom stereocenters. The second kappa shape index (κ2) is 14.2. The molecule has 9 nitrogen and oxygen atoms in total. The maximum Gasteiger partial charge on any atom is 0.262 e. The van der Waals surface area contributed by atoms with E-state index in [1.807, 2.05) is 0 Å². The van der Waals surface area contributed by atoms with Gasteiger partial charge in [0.1, 0.15) is 11.8 Å². The quantitative estimate of drug-likeness (QED) is 0.321. The summed E-state index contributed by atoms with van der Waals surface area (Å²) in [6, 6.07) is 8.45. The molecule has 0 radical (unpaired) electrons. The number of sulfonamides is 1. The average Bonchev–Trinajstić information content (AvgIpc) is 2.94. The maximum absolute atomic E-state index is 14.0. The average molecular weight is 568 g/mol. The van der Waals surface area contributed by atoms with Gasteiger partial charge in [-0.25, -0.2) is 13.9 Å². The Bertz CT molecular complexity index is 1110. The first-order chi connectivity index (χ1) is 17.9. The summed E-state index contributed by atoms with van der Waals surface area (Å²) in [5.74, 6) is -0.475. The van der Waals surface area contributed by atoms with Crippen LogP contribution in [-0.2, 0) is 26.1 Å². The van der Waals surface area contributed by atoms with E-state index in [0.29, 0.717) is 30.3 Å². The predicted molar refractivity (Wildman–Crippen MR) is 145 cm³/mol. The number of rotatable bonds is 10. The molecule has 2 aliphatic rings. The normalized spacial score (nSPS) is 21.3. The van der Waals surface area contributed by atoms with Crippen LogP contribution < -0.4 is 10.2 Å². The summed E-state index contributed by atoms with van der Waals surface area (Å²) in [6.07, 6.45) is 12.2. The third-order valence-corrected chi connectivity index (χ3v) is 9.39. The number of hydrogen-bond donors (Lipinski definition) is 2. The number of hydrogen-bond acceptors (Lipinski definition) is 7. The Kier molecular flexibility index (Phi) is 11.3. The topological polar surface area (TPSA) is 118 Å². The zero-order valence-corrected chi connectivity index (χ0v) is 23.3. The largest absolute Gasteiger partial charge is 0.497 e. The second-order valence-electron chi connectivity index (χ2n) is 9.94. The maximum atomic E-state index is 14.0. The summed E-state index contributed by atoms with van der Waals surface area (Å²) in [6.45, 7) is -0.0343. The number of halogens is 1. The molecule has 0 unspecified atom stereocenters. The summed E-state index contributed by atoms with van der Waals surface area (Å²) < 4.78 is 40.7. The first-order valence-corrected chi connectivity index (χ1v) is 14.5. The standard InChI is InChI=1S/C27H37N3O6S.ClH/c1-35-22-11-13-25(14-12-22)37(33,34)30(19-20-15-17-28-18-16-20)26(27(31)29-32)21-7-9-24(10-8-21)36-23-5-3-2-4-6-23;/h11-18,21,23-24,26,32H,2-10,19H2,1H3,(H,29,31);1H/t21-,24-,26-;/m1./s1. The lowest BCUT2D eigenvalue weighted by Crippen LogP contribution is -2.53. The molecule has 1 heterocycles. The Morgan fingerprint density at radius 2 is 1.61 bits per heavy atom. The zero-order valence-electron chi connectivity index (χ0n) is 21.7. The second-order valence-corrected chi connectivity index (χ2v) is 11.8. The van der Waals surface area contributed by atoms with Crippen molar-refractivity contribution >= 4 is 28.3 Å². The van der Waals surface area contributed by atoms with Gasteiger partial charge in [0.25, 0.3) is 5.91 Å². The number of nitrogens with zero attached hydrogens (tertiary/aromatic N) is 2. The van der Waals surface area contributed by atoms with Crippen molar-refractivity contribution in [2.75, 3.05) is 7.11 Å². The van der Waals surface area contributed by atoms with Crippen molar-refractivity contribution in [1.82, 2.24) is 14.8 Å². The lowest BCUT2D eigenvalue weighted by molar-refractivity contribution is -0.136. The molecular formula is C27H38ClN3O6S. The number of benzene rings is 1. The number of carbonyl (C=O) groups excluding carboxylic acids is 1. The van der Waals surface area contributed by atoms with Gasteiger partial charge in [-0.05, 0) is 86.4 Å². The van der Waals surface area contributed by atoms with Crippen LogP contribution in [0.2, 0.25) is 0 Å². The fraction of sp³-hybridized carbons (Fsp3) is 0.556. The Morgan fingerprint density at radius 3 is 2.18 bits per heavy atom. The van der Waals surface area contributed by atoms with E-state index in [1.54, 1.807) is 42.1 Å². The summed E-state index contributed by atoms with van der Waals surface area (Å²) in [5, 5.41) is 9.65. The first-order valence-electron chi connectivity index (χ1n) is 13.1. The molecule has 0 saturated heterocycles. The lowest BCUT2D eigenvalue weighted by atomic mass is 9.81. The van der Waals surface area contributed by atoms with Crippen LogP contribution in [-0.4, -0.2) is 54.2 Å². The number of hydroxylamine groups is 1. The van der Waals surface area contributed by atoms with Gasteiger partial charge < -0.3 is 9.47 Å². The molecule has 210 valence electrons. The molecule has 11 heteroatoms. The summed E-state index contributed by atoms with van der Waals surface area (Å²) in [7, 11) is -2.60. The monoisotopic (exact) mass is 567 g/mol. The molecule has 2 N–H and O–H groups in total. The van der Waals surface area contributed by atoms with Gasteiger partial charge >= 0.3 is 0 Å². The van der Waals surface area contributed by atoms with Gasteiger partial charge in [0.15, 0.2) is 0 Å². The Balaban J connectivity index is 0.00000400. The third-order valence-electron chi connectivity index (χ3n) is 7.55. The zero-order chi connectivity index (χ0) is 26.3. The fourth-order valence-electron chi connectivity index (χ4n) is 5.54.